The third-order valence-corrected chi connectivity index (χ3v) is 4.60. The normalized spacial score (nSPS) is 11.3. The van der Waals surface area contributed by atoms with Crippen LogP contribution in [0.5, 0.6) is 0 Å². The Morgan fingerprint density at radius 3 is 2.56 bits per heavy atom. The van der Waals surface area contributed by atoms with Crippen LogP contribution in [-0.4, -0.2) is 36.1 Å². The summed E-state index contributed by atoms with van der Waals surface area (Å²) in [6.45, 7) is 5.81. The minimum Gasteiger partial charge on any atom is -0.361 e. The standard InChI is InChI=1S/C21H27N5.HI/c1-15-5-4-6-19-18(14-26-20(15)19)10-12-24-21(22-3)23-11-9-17-8-7-16(2)25-13-17;/h4-8,13-14,26H,9-12H2,1-3H3,(H2,22,23,24);1H. The molecule has 3 aromatic rings. The lowest BCUT2D eigenvalue weighted by atomic mass is 10.1. The number of hydrogen-bond acceptors (Lipinski definition) is 2. The molecule has 3 N–H and O–H groups in total. The van der Waals surface area contributed by atoms with Crippen LogP contribution in [-0.2, 0) is 12.8 Å². The first-order valence-electron chi connectivity index (χ1n) is 9.09. The Labute approximate surface area is 178 Å². The van der Waals surface area contributed by atoms with Gasteiger partial charge in [0.1, 0.15) is 0 Å². The molecule has 2 heterocycles. The number of halogens is 1. The van der Waals surface area contributed by atoms with Crippen molar-refractivity contribution in [1.82, 2.24) is 20.6 Å². The third kappa shape index (κ3) is 5.69. The van der Waals surface area contributed by atoms with E-state index in [1.165, 1.54) is 27.6 Å². The van der Waals surface area contributed by atoms with E-state index in [4.69, 9.17) is 0 Å². The minimum atomic E-state index is 0. The zero-order chi connectivity index (χ0) is 18.4. The van der Waals surface area contributed by atoms with Gasteiger partial charge in [0.05, 0.1) is 0 Å². The van der Waals surface area contributed by atoms with Gasteiger partial charge in [-0.05, 0) is 49.4 Å². The maximum atomic E-state index is 4.33. The first-order valence-corrected chi connectivity index (χ1v) is 9.09. The number of pyridine rings is 1. The Hall–Kier alpha value is -2.09. The van der Waals surface area contributed by atoms with Crippen molar-refractivity contribution >= 4 is 40.8 Å². The van der Waals surface area contributed by atoms with E-state index in [1.54, 1.807) is 7.05 Å². The van der Waals surface area contributed by atoms with Crippen molar-refractivity contribution in [2.24, 2.45) is 4.99 Å². The summed E-state index contributed by atoms with van der Waals surface area (Å²) in [5.74, 6) is 0.834. The lowest BCUT2D eigenvalue weighted by molar-refractivity contribution is 0.784. The van der Waals surface area contributed by atoms with Gasteiger partial charge in [0, 0.05) is 49.1 Å². The summed E-state index contributed by atoms with van der Waals surface area (Å²) in [5.41, 5.74) is 6.12. The number of nitrogens with one attached hydrogen (secondary N) is 3. The number of aryl methyl sites for hydroxylation is 2. The van der Waals surface area contributed by atoms with Crippen molar-refractivity contribution in [3.63, 3.8) is 0 Å². The molecule has 144 valence electrons. The molecule has 0 aliphatic heterocycles. The third-order valence-electron chi connectivity index (χ3n) is 4.60. The van der Waals surface area contributed by atoms with E-state index in [2.05, 4.69) is 63.0 Å². The van der Waals surface area contributed by atoms with Gasteiger partial charge in [-0.15, -0.1) is 24.0 Å². The smallest absolute Gasteiger partial charge is 0.190 e. The van der Waals surface area contributed by atoms with Crippen LogP contribution >= 0.6 is 24.0 Å². The average molecular weight is 477 g/mol. The van der Waals surface area contributed by atoms with Gasteiger partial charge >= 0.3 is 0 Å². The summed E-state index contributed by atoms with van der Waals surface area (Å²) in [5, 5.41) is 8.06. The van der Waals surface area contributed by atoms with Crippen LogP contribution in [0.1, 0.15) is 22.4 Å². The average Bonchev–Trinajstić information content (AvgIpc) is 3.06. The number of H-pyrrole nitrogens is 1. The highest BCUT2D eigenvalue weighted by Gasteiger charge is 2.05. The first-order chi connectivity index (χ1) is 12.7. The molecular weight excluding hydrogens is 449 g/mol. The monoisotopic (exact) mass is 477 g/mol. The SMILES string of the molecule is CN=C(NCCc1ccc(C)nc1)NCCc1c[nH]c2c(C)cccc12.I. The highest BCUT2D eigenvalue weighted by atomic mass is 127. The zero-order valence-corrected chi connectivity index (χ0v) is 18.5. The van der Waals surface area contributed by atoms with Gasteiger partial charge in [-0.1, -0.05) is 24.3 Å². The number of nitrogens with zero attached hydrogens (tertiary/aromatic N) is 2. The second kappa shape index (κ2) is 10.3. The van der Waals surface area contributed by atoms with Crippen LogP contribution < -0.4 is 10.6 Å². The Balaban J connectivity index is 0.00000261. The molecule has 0 amide bonds. The molecule has 0 spiro atoms. The largest absolute Gasteiger partial charge is 0.361 e. The molecule has 2 aromatic heterocycles. The minimum absolute atomic E-state index is 0. The maximum absolute atomic E-state index is 4.33. The molecule has 27 heavy (non-hydrogen) atoms. The number of para-hydroxylation sites is 1. The molecule has 1 aromatic carbocycles. The Kier molecular flexibility index (Phi) is 8.09. The second-order valence-corrected chi connectivity index (χ2v) is 6.54. The van der Waals surface area contributed by atoms with Gasteiger partial charge < -0.3 is 15.6 Å². The Morgan fingerprint density at radius 2 is 1.85 bits per heavy atom. The van der Waals surface area contributed by atoms with E-state index in [9.17, 15) is 0 Å². The lowest BCUT2D eigenvalue weighted by Crippen LogP contribution is -2.39. The summed E-state index contributed by atoms with van der Waals surface area (Å²) >= 11 is 0. The fourth-order valence-electron chi connectivity index (χ4n) is 3.08. The molecule has 5 nitrogen and oxygen atoms in total. The van der Waals surface area contributed by atoms with Crippen molar-refractivity contribution < 1.29 is 0 Å². The molecule has 0 atom stereocenters. The van der Waals surface area contributed by atoms with Gasteiger partial charge in [-0.2, -0.15) is 0 Å². The molecule has 0 aliphatic rings. The van der Waals surface area contributed by atoms with E-state index in [1.807, 2.05) is 19.2 Å². The van der Waals surface area contributed by atoms with Crippen LogP contribution in [0.3, 0.4) is 0 Å². The molecule has 0 aliphatic carbocycles. The van der Waals surface area contributed by atoms with Gasteiger partial charge in [-0.3, -0.25) is 9.98 Å². The molecule has 0 saturated carbocycles. The molecule has 6 heteroatoms. The van der Waals surface area contributed by atoms with Gasteiger partial charge in [0.2, 0.25) is 0 Å². The van der Waals surface area contributed by atoms with Crippen molar-refractivity contribution in [3.05, 3.63) is 65.1 Å². The predicted molar refractivity (Wildman–Crippen MR) is 124 cm³/mol. The van der Waals surface area contributed by atoms with E-state index in [0.717, 1.165) is 37.6 Å². The molecule has 0 saturated heterocycles. The fraction of sp³-hybridized carbons (Fsp3) is 0.333. The predicted octanol–water partition coefficient (Wildman–Crippen LogP) is 3.75. The topological polar surface area (TPSA) is 65.1 Å². The lowest BCUT2D eigenvalue weighted by Gasteiger charge is -2.11. The maximum Gasteiger partial charge on any atom is 0.190 e. The molecular formula is C21H28IN5. The summed E-state index contributed by atoms with van der Waals surface area (Å²) in [6.07, 6.45) is 5.92. The second-order valence-electron chi connectivity index (χ2n) is 6.54. The Morgan fingerprint density at radius 1 is 1.07 bits per heavy atom. The number of aliphatic imine (C=N–C) groups is 1. The van der Waals surface area contributed by atoms with Crippen molar-refractivity contribution in [2.75, 3.05) is 20.1 Å². The van der Waals surface area contributed by atoms with Crippen molar-refractivity contribution in [1.29, 1.82) is 0 Å². The van der Waals surface area contributed by atoms with Crippen LogP contribution in [0.25, 0.3) is 10.9 Å². The highest BCUT2D eigenvalue weighted by Crippen LogP contribution is 2.21. The number of aromatic amines is 1. The Bertz CT molecular complexity index is 883. The summed E-state index contributed by atoms with van der Waals surface area (Å²) in [7, 11) is 1.80. The summed E-state index contributed by atoms with van der Waals surface area (Å²) in [4.78, 5) is 12.0. The molecule has 0 radical (unpaired) electrons. The number of guanidine groups is 1. The summed E-state index contributed by atoms with van der Waals surface area (Å²) < 4.78 is 0. The number of fused-ring (bicyclic) bond motifs is 1. The van der Waals surface area contributed by atoms with Gasteiger partial charge in [0.25, 0.3) is 0 Å². The molecule has 0 bridgehead atoms. The van der Waals surface area contributed by atoms with Crippen molar-refractivity contribution in [2.45, 2.75) is 26.7 Å². The first kappa shape index (κ1) is 21.2. The number of hydrogen-bond donors (Lipinski definition) is 3. The molecule has 0 unspecified atom stereocenters. The van der Waals surface area contributed by atoms with Gasteiger partial charge in [-0.25, -0.2) is 0 Å². The number of rotatable bonds is 6. The summed E-state index contributed by atoms with van der Waals surface area (Å²) in [6, 6.07) is 10.6. The van der Waals surface area contributed by atoms with E-state index < -0.39 is 0 Å². The zero-order valence-electron chi connectivity index (χ0n) is 16.2. The van der Waals surface area contributed by atoms with Crippen LogP contribution in [0.2, 0.25) is 0 Å². The number of benzene rings is 1. The molecule has 3 rings (SSSR count). The van der Waals surface area contributed by atoms with Crippen molar-refractivity contribution in [3.8, 4) is 0 Å². The van der Waals surface area contributed by atoms with Crippen LogP contribution in [0, 0.1) is 13.8 Å². The fourth-order valence-corrected chi connectivity index (χ4v) is 3.08. The van der Waals surface area contributed by atoms with Crippen LogP contribution in [0.4, 0.5) is 0 Å². The van der Waals surface area contributed by atoms with E-state index in [0.29, 0.717) is 0 Å². The molecule has 0 fully saturated rings. The van der Waals surface area contributed by atoms with Gasteiger partial charge in [0.15, 0.2) is 5.96 Å². The van der Waals surface area contributed by atoms with E-state index >= 15 is 0 Å². The van der Waals surface area contributed by atoms with E-state index in [-0.39, 0.29) is 24.0 Å². The van der Waals surface area contributed by atoms with Crippen LogP contribution in [0.15, 0.2) is 47.7 Å². The quantitative estimate of drug-likeness (QED) is 0.288. The number of aromatic nitrogens is 2. The highest BCUT2D eigenvalue weighted by molar-refractivity contribution is 14.0.